The second kappa shape index (κ2) is 8.52. The SMILES string of the molecule is CSC(CO)C(C)NCc1c(C)nn(Cc2ccccc2)c1C. The van der Waals surface area contributed by atoms with Crippen molar-refractivity contribution in [2.24, 2.45) is 0 Å². The second-order valence-corrected chi connectivity index (χ2v) is 7.00. The van der Waals surface area contributed by atoms with E-state index in [-0.39, 0.29) is 17.9 Å². The van der Waals surface area contributed by atoms with Crippen molar-refractivity contribution in [1.29, 1.82) is 0 Å². The fraction of sp³-hybridized carbons (Fsp3) is 0.500. The number of aliphatic hydroxyl groups is 1. The van der Waals surface area contributed by atoms with Crippen LogP contribution in [0.15, 0.2) is 30.3 Å². The Kier molecular flexibility index (Phi) is 6.69. The fourth-order valence-electron chi connectivity index (χ4n) is 2.73. The molecule has 2 aromatic rings. The lowest BCUT2D eigenvalue weighted by Gasteiger charge is -2.21. The minimum Gasteiger partial charge on any atom is -0.395 e. The summed E-state index contributed by atoms with van der Waals surface area (Å²) in [6, 6.07) is 10.7. The predicted molar refractivity (Wildman–Crippen MR) is 97.9 cm³/mol. The van der Waals surface area contributed by atoms with Gasteiger partial charge in [-0.3, -0.25) is 4.68 Å². The van der Waals surface area contributed by atoms with Crippen LogP contribution in [0.25, 0.3) is 0 Å². The molecule has 5 heteroatoms. The molecule has 0 spiro atoms. The summed E-state index contributed by atoms with van der Waals surface area (Å²) in [7, 11) is 0. The fourth-order valence-corrected chi connectivity index (χ4v) is 3.38. The van der Waals surface area contributed by atoms with Crippen LogP contribution in [0.3, 0.4) is 0 Å². The molecule has 1 aromatic heterocycles. The normalized spacial score (nSPS) is 14.0. The first-order chi connectivity index (χ1) is 11.1. The lowest BCUT2D eigenvalue weighted by Crippen LogP contribution is -2.37. The zero-order valence-corrected chi connectivity index (χ0v) is 15.2. The van der Waals surface area contributed by atoms with E-state index >= 15 is 0 Å². The van der Waals surface area contributed by atoms with E-state index in [0.717, 1.165) is 18.8 Å². The summed E-state index contributed by atoms with van der Waals surface area (Å²) in [5.74, 6) is 0. The molecule has 0 fully saturated rings. The molecule has 1 aromatic carbocycles. The van der Waals surface area contributed by atoms with E-state index in [2.05, 4.69) is 55.0 Å². The van der Waals surface area contributed by atoms with Gasteiger partial charge in [-0.1, -0.05) is 30.3 Å². The number of aliphatic hydroxyl groups excluding tert-OH is 1. The van der Waals surface area contributed by atoms with Gasteiger partial charge in [-0.2, -0.15) is 16.9 Å². The number of hydrogen-bond acceptors (Lipinski definition) is 4. The molecule has 4 nitrogen and oxygen atoms in total. The highest BCUT2D eigenvalue weighted by Gasteiger charge is 2.17. The van der Waals surface area contributed by atoms with Crippen LogP contribution >= 0.6 is 11.8 Å². The molecule has 23 heavy (non-hydrogen) atoms. The Balaban J connectivity index is 2.06. The van der Waals surface area contributed by atoms with E-state index in [1.165, 1.54) is 16.8 Å². The Morgan fingerprint density at radius 1 is 1.26 bits per heavy atom. The molecule has 0 radical (unpaired) electrons. The minimum absolute atomic E-state index is 0.195. The molecule has 126 valence electrons. The number of aryl methyl sites for hydroxylation is 1. The third-order valence-corrected chi connectivity index (χ3v) is 5.51. The molecule has 1 heterocycles. The molecule has 2 N–H and O–H groups in total. The average Bonchev–Trinajstić information content (AvgIpc) is 2.81. The zero-order valence-electron chi connectivity index (χ0n) is 14.4. The number of nitrogens with one attached hydrogen (secondary N) is 1. The second-order valence-electron chi connectivity index (χ2n) is 5.92. The number of aromatic nitrogens is 2. The van der Waals surface area contributed by atoms with E-state index in [4.69, 9.17) is 5.10 Å². The Morgan fingerprint density at radius 3 is 2.57 bits per heavy atom. The summed E-state index contributed by atoms with van der Waals surface area (Å²) in [6.07, 6.45) is 2.04. The average molecular weight is 334 g/mol. The van der Waals surface area contributed by atoms with Crippen LogP contribution in [-0.4, -0.2) is 39.0 Å². The van der Waals surface area contributed by atoms with Crippen LogP contribution in [-0.2, 0) is 13.1 Å². The van der Waals surface area contributed by atoms with Crippen LogP contribution in [0.5, 0.6) is 0 Å². The number of rotatable bonds is 8. The first-order valence-corrected chi connectivity index (χ1v) is 9.29. The van der Waals surface area contributed by atoms with Gasteiger partial charge in [0.05, 0.1) is 18.8 Å². The van der Waals surface area contributed by atoms with Crippen LogP contribution in [0, 0.1) is 13.8 Å². The molecule has 0 aliphatic heterocycles. The maximum atomic E-state index is 9.39. The van der Waals surface area contributed by atoms with Crippen LogP contribution in [0.2, 0.25) is 0 Å². The summed E-state index contributed by atoms with van der Waals surface area (Å²) in [5.41, 5.74) is 4.79. The minimum atomic E-state index is 0.195. The van der Waals surface area contributed by atoms with E-state index in [0.29, 0.717) is 0 Å². The lowest BCUT2D eigenvalue weighted by atomic mass is 10.1. The molecule has 0 bridgehead atoms. The van der Waals surface area contributed by atoms with Crippen molar-refractivity contribution >= 4 is 11.8 Å². The number of thioether (sulfide) groups is 1. The van der Waals surface area contributed by atoms with Gasteiger partial charge in [0.1, 0.15) is 0 Å². The topological polar surface area (TPSA) is 50.1 Å². The monoisotopic (exact) mass is 333 g/mol. The Labute approximate surface area is 143 Å². The van der Waals surface area contributed by atoms with Crippen molar-refractivity contribution < 1.29 is 5.11 Å². The third-order valence-electron chi connectivity index (χ3n) is 4.35. The summed E-state index contributed by atoms with van der Waals surface area (Å²) in [4.78, 5) is 0. The number of benzene rings is 1. The smallest absolute Gasteiger partial charge is 0.0662 e. The molecule has 0 aliphatic rings. The van der Waals surface area contributed by atoms with Crippen molar-refractivity contribution in [3.8, 4) is 0 Å². The van der Waals surface area contributed by atoms with E-state index in [9.17, 15) is 5.11 Å². The zero-order chi connectivity index (χ0) is 16.8. The van der Waals surface area contributed by atoms with Crippen molar-refractivity contribution in [2.45, 2.75) is 45.2 Å². The van der Waals surface area contributed by atoms with Gasteiger partial charge in [-0.15, -0.1) is 0 Å². The van der Waals surface area contributed by atoms with E-state index < -0.39 is 0 Å². The van der Waals surface area contributed by atoms with Crippen LogP contribution in [0.1, 0.15) is 29.4 Å². The molecule has 2 rings (SSSR count). The van der Waals surface area contributed by atoms with Crippen molar-refractivity contribution in [3.05, 3.63) is 52.8 Å². The number of nitrogens with zero attached hydrogens (tertiary/aromatic N) is 2. The largest absolute Gasteiger partial charge is 0.395 e. The van der Waals surface area contributed by atoms with Crippen molar-refractivity contribution in [3.63, 3.8) is 0 Å². The van der Waals surface area contributed by atoms with Gasteiger partial charge < -0.3 is 10.4 Å². The van der Waals surface area contributed by atoms with Gasteiger partial charge in [-0.25, -0.2) is 0 Å². The highest BCUT2D eigenvalue weighted by molar-refractivity contribution is 7.99. The molecule has 0 aliphatic carbocycles. The Bertz CT molecular complexity index is 608. The van der Waals surface area contributed by atoms with Crippen molar-refractivity contribution in [2.75, 3.05) is 12.9 Å². The lowest BCUT2D eigenvalue weighted by molar-refractivity contribution is 0.276. The van der Waals surface area contributed by atoms with Gasteiger partial charge >= 0.3 is 0 Å². The molecule has 2 unspecified atom stereocenters. The van der Waals surface area contributed by atoms with Gasteiger partial charge in [0, 0.05) is 29.1 Å². The maximum absolute atomic E-state index is 9.39. The molecule has 0 amide bonds. The van der Waals surface area contributed by atoms with Crippen LogP contribution in [0.4, 0.5) is 0 Å². The van der Waals surface area contributed by atoms with Gasteiger partial charge in [0.2, 0.25) is 0 Å². The summed E-state index contributed by atoms with van der Waals surface area (Å²) in [5, 5.41) is 17.8. The third kappa shape index (κ3) is 4.59. The van der Waals surface area contributed by atoms with Crippen molar-refractivity contribution in [1.82, 2.24) is 15.1 Å². The maximum Gasteiger partial charge on any atom is 0.0662 e. The van der Waals surface area contributed by atoms with Gasteiger partial charge in [0.25, 0.3) is 0 Å². The Hall–Kier alpha value is -1.30. The molecular formula is C18H27N3OS. The first kappa shape index (κ1) is 18.0. The van der Waals surface area contributed by atoms with Crippen LogP contribution < -0.4 is 5.32 Å². The molecule has 2 atom stereocenters. The molecular weight excluding hydrogens is 306 g/mol. The summed E-state index contributed by atoms with van der Waals surface area (Å²) < 4.78 is 2.07. The highest BCUT2D eigenvalue weighted by atomic mass is 32.2. The quantitative estimate of drug-likeness (QED) is 0.780. The Morgan fingerprint density at radius 2 is 1.96 bits per heavy atom. The first-order valence-electron chi connectivity index (χ1n) is 8.00. The van der Waals surface area contributed by atoms with Gasteiger partial charge in [0.15, 0.2) is 0 Å². The van der Waals surface area contributed by atoms with E-state index in [1.54, 1.807) is 11.8 Å². The molecule has 0 saturated heterocycles. The predicted octanol–water partition coefficient (Wildman–Crippen LogP) is 2.75. The summed E-state index contributed by atoms with van der Waals surface area (Å²) >= 11 is 1.70. The molecule has 0 saturated carbocycles. The summed E-state index contributed by atoms with van der Waals surface area (Å²) in [6.45, 7) is 8.09. The number of hydrogen-bond donors (Lipinski definition) is 2. The highest BCUT2D eigenvalue weighted by Crippen LogP contribution is 2.16. The van der Waals surface area contributed by atoms with Gasteiger partial charge in [-0.05, 0) is 32.6 Å². The van der Waals surface area contributed by atoms with E-state index in [1.807, 2.05) is 12.3 Å². The standard InChI is InChI=1S/C18H27N3OS/c1-13-17(10-19-14(2)18(12-22)23-4)15(3)21(20-13)11-16-8-6-5-7-9-16/h5-9,14,18-19,22H,10-12H2,1-4H3.